The summed E-state index contributed by atoms with van der Waals surface area (Å²) in [6.07, 6.45) is -4.40. The van der Waals surface area contributed by atoms with Crippen molar-refractivity contribution in [2.45, 2.75) is 11.9 Å². The number of alkyl halides is 3. The molecule has 1 saturated heterocycles. The van der Waals surface area contributed by atoms with Crippen LogP contribution in [0.15, 0.2) is 36.9 Å². The van der Waals surface area contributed by atoms with E-state index < -0.39 is 18.0 Å². The van der Waals surface area contributed by atoms with Crippen LogP contribution in [-0.4, -0.2) is 42.1 Å². The number of amides is 1. The summed E-state index contributed by atoms with van der Waals surface area (Å²) >= 11 is 0. The second kappa shape index (κ2) is 5.88. The highest BCUT2D eigenvalue weighted by Crippen LogP contribution is 2.33. The third-order valence-electron chi connectivity index (χ3n) is 3.54. The zero-order valence-corrected chi connectivity index (χ0v) is 11.6. The number of hydrogen-bond acceptors (Lipinski definition) is 3. The highest BCUT2D eigenvalue weighted by molar-refractivity contribution is 5.68. The van der Waals surface area contributed by atoms with Gasteiger partial charge in [0.05, 0.1) is 0 Å². The van der Waals surface area contributed by atoms with Crippen molar-refractivity contribution in [3.63, 3.8) is 0 Å². The summed E-state index contributed by atoms with van der Waals surface area (Å²) in [7, 11) is 0. The minimum absolute atomic E-state index is 0.252. The standard InChI is InChI=1S/C14H15F3N2O3/c1-2-13(9-18-7-8-19(13)12(20)21)10-3-5-11(6-4-10)22-14(15,16)17/h2-6,18H,1,7-9H2,(H,20,21). The molecule has 1 unspecified atom stereocenters. The molecule has 1 aromatic rings. The lowest BCUT2D eigenvalue weighted by Crippen LogP contribution is -2.59. The van der Waals surface area contributed by atoms with Gasteiger partial charge < -0.3 is 15.2 Å². The van der Waals surface area contributed by atoms with E-state index in [0.717, 1.165) is 12.1 Å². The fraction of sp³-hybridized carbons (Fsp3) is 0.357. The van der Waals surface area contributed by atoms with Gasteiger partial charge in [0.1, 0.15) is 11.3 Å². The van der Waals surface area contributed by atoms with E-state index in [9.17, 15) is 23.1 Å². The molecule has 22 heavy (non-hydrogen) atoms. The molecular weight excluding hydrogens is 301 g/mol. The van der Waals surface area contributed by atoms with E-state index in [1.165, 1.54) is 23.1 Å². The van der Waals surface area contributed by atoms with Gasteiger partial charge in [-0.05, 0) is 17.7 Å². The molecule has 5 nitrogen and oxygen atoms in total. The number of halogens is 3. The summed E-state index contributed by atoms with van der Waals surface area (Å²) in [5.41, 5.74) is -0.507. The zero-order chi connectivity index (χ0) is 16.4. The molecule has 0 saturated carbocycles. The lowest BCUT2D eigenvalue weighted by molar-refractivity contribution is -0.274. The highest BCUT2D eigenvalue weighted by Gasteiger charge is 2.41. The van der Waals surface area contributed by atoms with Crippen LogP contribution < -0.4 is 10.1 Å². The van der Waals surface area contributed by atoms with Crippen molar-refractivity contribution < 1.29 is 27.8 Å². The second-order valence-electron chi connectivity index (χ2n) is 4.81. The summed E-state index contributed by atoms with van der Waals surface area (Å²) in [5, 5.41) is 12.4. The van der Waals surface area contributed by atoms with Crippen LogP contribution in [0.25, 0.3) is 0 Å². The van der Waals surface area contributed by atoms with Crippen LogP contribution >= 0.6 is 0 Å². The first-order valence-electron chi connectivity index (χ1n) is 6.50. The van der Waals surface area contributed by atoms with Gasteiger partial charge in [-0.25, -0.2) is 4.79 Å². The SMILES string of the molecule is C=CC1(c2ccc(OC(F)(F)F)cc2)CNCCN1C(=O)O. The Balaban J connectivity index is 2.34. The van der Waals surface area contributed by atoms with E-state index in [4.69, 9.17) is 0 Å². The fourth-order valence-corrected chi connectivity index (χ4v) is 2.53. The average molecular weight is 316 g/mol. The van der Waals surface area contributed by atoms with E-state index >= 15 is 0 Å². The maximum absolute atomic E-state index is 12.2. The molecule has 0 aromatic heterocycles. The molecule has 2 rings (SSSR count). The largest absolute Gasteiger partial charge is 0.573 e. The molecule has 1 amide bonds. The Bertz CT molecular complexity index is 559. The molecule has 0 spiro atoms. The van der Waals surface area contributed by atoms with E-state index in [-0.39, 0.29) is 12.3 Å². The quantitative estimate of drug-likeness (QED) is 0.841. The Kier molecular flexibility index (Phi) is 4.32. The first kappa shape index (κ1) is 16.2. The zero-order valence-electron chi connectivity index (χ0n) is 11.6. The second-order valence-corrected chi connectivity index (χ2v) is 4.81. The molecule has 1 aromatic carbocycles. The number of carboxylic acid groups (broad SMARTS) is 1. The van der Waals surface area contributed by atoms with Crippen LogP contribution in [0.2, 0.25) is 0 Å². The van der Waals surface area contributed by atoms with Crippen LogP contribution in [0, 0.1) is 0 Å². The maximum Gasteiger partial charge on any atom is 0.573 e. The number of piperazine rings is 1. The van der Waals surface area contributed by atoms with E-state index in [2.05, 4.69) is 16.6 Å². The van der Waals surface area contributed by atoms with Crippen LogP contribution in [0.5, 0.6) is 5.75 Å². The molecule has 1 aliphatic rings. The van der Waals surface area contributed by atoms with E-state index in [0.29, 0.717) is 18.7 Å². The van der Waals surface area contributed by atoms with Crippen LogP contribution in [-0.2, 0) is 5.54 Å². The van der Waals surface area contributed by atoms with Crippen molar-refractivity contribution in [3.8, 4) is 5.75 Å². The Morgan fingerprint density at radius 3 is 2.55 bits per heavy atom. The third kappa shape index (κ3) is 3.16. The van der Waals surface area contributed by atoms with Gasteiger partial charge in [-0.2, -0.15) is 0 Å². The van der Waals surface area contributed by atoms with Crippen molar-refractivity contribution in [2.24, 2.45) is 0 Å². The number of nitrogens with one attached hydrogen (secondary N) is 1. The van der Waals surface area contributed by atoms with E-state index in [1.54, 1.807) is 0 Å². The van der Waals surface area contributed by atoms with Crippen molar-refractivity contribution in [1.29, 1.82) is 0 Å². The smallest absolute Gasteiger partial charge is 0.465 e. The molecule has 1 atom stereocenters. The third-order valence-corrected chi connectivity index (χ3v) is 3.54. The molecule has 0 radical (unpaired) electrons. The number of hydrogen-bond donors (Lipinski definition) is 2. The molecule has 0 bridgehead atoms. The number of nitrogens with zero attached hydrogens (tertiary/aromatic N) is 1. The lowest BCUT2D eigenvalue weighted by atomic mass is 9.86. The molecule has 2 N–H and O–H groups in total. The van der Waals surface area contributed by atoms with Gasteiger partial charge in [-0.1, -0.05) is 18.2 Å². The predicted molar refractivity (Wildman–Crippen MR) is 72.6 cm³/mol. The fourth-order valence-electron chi connectivity index (χ4n) is 2.53. The number of benzene rings is 1. The Morgan fingerprint density at radius 1 is 1.41 bits per heavy atom. The minimum Gasteiger partial charge on any atom is -0.465 e. The first-order valence-corrected chi connectivity index (χ1v) is 6.50. The van der Waals surface area contributed by atoms with Crippen molar-refractivity contribution >= 4 is 6.09 Å². The average Bonchev–Trinajstić information content (AvgIpc) is 2.46. The maximum atomic E-state index is 12.2. The van der Waals surface area contributed by atoms with Crippen molar-refractivity contribution in [1.82, 2.24) is 10.2 Å². The summed E-state index contributed by atoms with van der Waals surface area (Å²) in [5.74, 6) is -0.360. The van der Waals surface area contributed by atoms with Crippen molar-refractivity contribution in [2.75, 3.05) is 19.6 Å². The number of carbonyl (C=O) groups is 1. The Morgan fingerprint density at radius 2 is 2.05 bits per heavy atom. The molecule has 1 fully saturated rings. The van der Waals surface area contributed by atoms with Gasteiger partial charge >= 0.3 is 12.5 Å². The van der Waals surface area contributed by atoms with Crippen molar-refractivity contribution in [3.05, 3.63) is 42.5 Å². The molecular formula is C14H15F3N2O3. The molecule has 1 heterocycles. The number of ether oxygens (including phenoxy) is 1. The van der Waals surface area contributed by atoms with Gasteiger partial charge in [0, 0.05) is 19.6 Å². The van der Waals surface area contributed by atoms with Gasteiger partial charge in [0.25, 0.3) is 0 Å². The molecule has 120 valence electrons. The lowest BCUT2D eigenvalue weighted by Gasteiger charge is -2.44. The van der Waals surface area contributed by atoms with Gasteiger partial charge in [-0.15, -0.1) is 19.8 Å². The minimum atomic E-state index is -4.77. The molecule has 8 heteroatoms. The Hall–Kier alpha value is -2.22. The normalized spacial score (nSPS) is 22.2. The predicted octanol–water partition coefficient (Wildman–Crippen LogP) is 2.55. The Labute approximate surface area is 125 Å². The van der Waals surface area contributed by atoms with Crippen LogP contribution in [0.3, 0.4) is 0 Å². The highest BCUT2D eigenvalue weighted by atomic mass is 19.4. The van der Waals surface area contributed by atoms with E-state index in [1.807, 2.05) is 0 Å². The van der Waals surface area contributed by atoms with Crippen LogP contribution in [0.1, 0.15) is 5.56 Å². The summed E-state index contributed by atoms with van der Waals surface area (Å²) in [4.78, 5) is 12.7. The molecule has 1 aliphatic heterocycles. The van der Waals surface area contributed by atoms with Crippen LogP contribution in [0.4, 0.5) is 18.0 Å². The summed E-state index contributed by atoms with van der Waals surface area (Å²) in [6, 6.07) is 5.13. The monoisotopic (exact) mass is 316 g/mol. The number of rotatable bonds is 3. The molecule has 0 aliphatic carbocycles. The first-order chi connectivity index (χ1) is 10.3. The van der Waals surface area contributed by atoms with Gasteiger partial charge in [-0.3, -0.25) is 4.90 Å². The topological polar surface area (TPSA) is 61.8 Å². The van der Waals surface area contributed by atoms with Gasteiger partial charge in [0.2, 0.25) is 0 Å². The summed E-state index contributed by atoms with van der Waals surface area (Å²) in [6.45, 7) is 4.73. The summed E-state index contributed by atoms with van der Waals surface area (Å²) < 4.78 is 40.3. The van der Waals surface area contributed by atoms with Gasteiger partial charge in [0.15, 0.2) is 0 Å².